The second-order valence-corrected chi connectivity index (χ2v) is 5.26. The monoisotopic (exact) mass is 233 g/mol. The van der Waals surface area contributed by atoms with E-state index in [1.165, 1.54) is 42.1 Å². The van der Waals surface area contributed by atoms with Crippen LogP contribution in [0.1, 0.15) is 37.3 Å². The molecule has 0 amide bonds. The van der Waals surface area contributed by atoms with E-state index in [9.17, 15) is 0 Å². The molecule has 0 unspecified atom stereocenters. The van der Waals surface area contributed by atoms with Gasteiger partial charge in [-0.15, -0.1) is 0 Å². The lowest BCUT2D eigenvalue weighted by Gasteiger charge is -2.13. The molecule has 0 N–H and O–H groups in total. The number of fused-ring (bicyclic) bond motifs is 1. The van der Waals surface area contributed by atoms with Crippen molar-refractivity contribution < 1.29 is 0 Å². The van der Waals surface area contributed by atoms with Crippen molar-refractivity contribution in [2.45, 2.75) is 38.6 Å². The van der Waals surface area contributed by atoms with Crippen LogP contribution in [-0.4, -0.2) is 4.57 Å². The molecule has 0 spiro atoms. The quantitative estimate of drug-likeness (QED) is 0.672. The van der Waals surface area contributed by atoms with Gasteiger partial charge in [-0.3, -0.25) is 0 Å². The summed E-state index contributed by atoms with van der Waals surface area (Å²) in [6.45, 7) is 2.17. The van der Waals surface area contributed by atoms with E-state index < -0.39 is 0 Å². The molecule has 2 aromatic rings. The lowest BCUT2D eigenvalue weighted by Crippen LogP contribution is -2.02. The van der Waals surface area contributed by atoms with E-state index in [4.69, 9.17) is 11.6 Å². The maximum absolute atomic E-state index is 6.05. The van der Waals surface area contributed by atoms with Crippen molar-refractivity contribution in [1.82, 2.24) is 4.57 Å². The van der Waals surface area contributed by atoms with Gasteiger partial charge in [0, 0.05) is 28.2 Å². The molecule has 1 aromatic heterocycles. The molecule has 1 fully saturated rings. The number of benzene rings is 1. The first-order chi connectivity index (χ1) is 7.75. The molecule has 16 heavy (non-hydrogen) atoms. The van der Waals surface area contributed by atoms with Gasteiger partial charge < -0.3 is 4.57 Å². The Morgan fingerprint density at radius 2 is 2.00 bits per heavy atom. The molecule has 84 valence electrons. The minimum Gasteiger partial charge on any atom is -0.344 e. The van der Waals surface area contributed by atoms with E-state index in [0.717, 1.165) is 5.02 Å². The maximum atomic E-state index is 6.05. The largest absolute Gasteiger partial charge is 0.344 e. The van der Waals surface area contributed by atoms with Crippen LogP contribution in [0.25, 0.3) is 10.9 Å². The van der Waals surface area contributed by atoms with Crippen LogP contribution in [-0.2, 0) is 0 Å². The summed E-state index contributed by atoms with van der Waals surface area (Å²) in [6.07, 6.45) is 7.68. The average molecular weight is 234 g/mol. The second kappa shape index (κ2) is 3.81. The van der Waals surface area contributed by atoms with E-state index >= 15 is 0 Å². The van der Waals surface area contributed by atoms with Gasteiger partial charge in [0.2, 0.25) is 0 Å². The van der Waals surface area contributed by atoms with E-state index in [1.807, 2.05) is 6.07 Å². The Bertz CT molecular complexity index is 521. The van der Waals surface area contributed by atoms with Crippen molar-refractivity contribution in [2.75, 3.05) is 0 Å². The Kier molecular flexibility index (Phi) is 2.44. The Morgan fingerprint density at radius 1 is 1.25 bits per heavy atom. The van der Waals surface area contributed by atoms with Gasteiger partial charge in [-0.2, -0.15) is 0 Å². The minimum atomic E-state index is 0.706. The average Bonchev–Trinajstić information content (AvgIpc) is 2.87. The third-order valence-corrected chi connectivity index (χ3v) is 3.95. The van der Waals surface area contributed by atoms with Crippen LogP contribution in [0.4, 0.5) is 0 Å². The van der Waals surface area contributed by atoms with E-state index in [1.54, 1.807) is 0 Å². The smallest absolute Gasteiger partial charge is 0.0486 e. The number of nitrogens with zero attached hydrogens (tertiary/aromatic N) is 1. The number of rotatable bonds is 1. The third kappa shape index (κ3) is 1.54. The van der Waals surface area contributed by atoms with Crippen LogP contribution in [0.2, 0.25) is 5.02 Å². The lowest BCUT2D eigenvalue weighted by molar-refractivity contribution is 0.535. The van der Waals surface area contributed by atoms with Crippen LogP contribution >= 0.6 is 11.6 Å². The summed E-state index contributed by atoms with van der Waals surface area (Å²) in [5.74, 6) is 0. The molecule has 0 aliphatic heterocycles. The Morgan fingerprint density at radius 3 is 2.75 bits per heavy atom. The van der Waals surface area contributed by atoms with Gasteiger partial charge in [-0.1, -0.05) is 24.4 Å². The Hall–Kier alpha value is -0.950. The summed E-state index contributed by atoms with van der Waals surface area (Å²) in [5, 5.41) is 2.14. The van der Waals surface area contributed by atoms with Gasteiger partial charge in [0.1, 0.15) is 0 Å². The van der Waals surface area contributed by atoms with Gasteiger partial charge in [0.25, 0.3) is 0 Å². The van der Waals surface area contributed by atoms with Crippen LogP contribution < -0.4 is 0 Å². The fourth-order valence-electron chi connectivity index (χ4n) is 2.88. The summed E-state index contributed by atoms with van der Waals surface area (Å²) in [4.78, 5) is 0. The van der Waals surface area contributed by atoms with Crippen LogP contribution in [0.5, 0.6) is 0 Å². The SMILES string of the molecule is Cc1cn(C2CCCC2)c2ccc(Cl)cc12. The minimum absolute atomic E-state index is 0.706. The predicted molar refractivity (Wildman–Crippen MR) is 69.2 cm³/mol. The number of hydrogen-bond acceptors (Lipinski definition) is 0. The van der Waals surface area contributed by atoms with Crippen molar-refractivity contribution >= 4 is 22.5 Å². The normalized spacial score (nSPS) is 17.4. The van der Waals surface area contributed by atoms with Crippen LogP contribution in [0.15, 0.2) is 24.4 Å². The summed E-state index contributed by atoms with van der Waals surface area (Å²) in [6, 6.07) is 6.94. The molecule has 0 bridgehead atoms. The van der Waals surface area contributed by atoms with Crippen molar-refractivity contribution in [3.05, 3.63) is 35.0 Å². The van der Waals surface area contributed by atoms with E-state index in [2.05, 4.69) is 29.8 Å². The molecule has 1 heterocycles. The zero-order chi connectivity index (χ0) is 11.1. The van der Waals surface area contributed by atoms with E-state index in [0.29, 0.717) is 6.04 Å². The maximum Gasteiger partial charge on any atom is 0.0486 e. The van der Waals surface area contributed by atoms with Crippen molar-refractivity contribution in [3.8, 4) is 0 Å². The molecule has 3 rings (SSSR count). The zero-order valence-corrected chi connectivity index (χ0v) is 10.3. The van der Waals surface area contributed by atoms with Gasteiger partial charge in [-0.05, 0) is 43.5 Å². The standard InChI is InChI=1S/C14H16ClN/c1-10-9-16(12-4-2-3-5-12)14-7-6-11(15)8-13(10)14/h6-9,12H,2-5H2,1H3. The molecule has 1 aromatic carbocycles. The molecule has 1 saturated carbocycles. The number of halogens is 1. The van der Waals surface area contributed by atoms with Crippen molar-refractivity contribution in [3.63, 3.8) is 0 Å². The molecule has 1 aliphatic rings. The molecular weight excluding hydrogens is 218 g/mol. The molecule has 0 atom stereocenters. The third-order valence-electron chi connectivity index (χ3n) is 3.71. The molecule has 0 saturated heterocycles. The van der Waals surface area contributed by atoms with Crippen molar-refractivity contribution in [2.24, 2.45) is 0 Å². The first-order valence-electron chi connectivity index (χ1n) is 6.02. The van der Waals surface area contributed by atoms with Gasteiger partial charge in [0.05, 0.1) is 0 Å². The highest BCUT2D eigenvalue weighted by Crippen LogP contribution is 2.34. The van der Waals surface area contributed by atoms with Crippen LogP contribution in [0.3, 0.4) is 0 Å². The first-order valence-corrected chi connectivity index (χ1v) is 6.40. The highest BCUT2D eigenvalue weighted by molar-refractivity contribution is 6.31. The predicted octanol–water partition coefficient (Wildman–Crippen LogP) is 4.72. The molecule has 0 radical (unpaired) electrons. The zero-order valence-electron chi connectivity index (χ0n) is 9.54. The summed E-state index contributed by atoms with van der Waals surface area (Å²) in [7, 11) is 0. The molecular formula is C14H16ClN. The fraction of sp³-hybridized carbons (Fsp3) is 0.429. The lowest BCUT2D eigenvalue weighted by atomic mass is 10.2. The number of hydrogen-bond donors (Lipinski definition) is 0. The summed E-state index contributed by atoms with van der Waals surface area (Å²) >= 11 is 6.05. The summed E-state index contributed by atoms with van der Waals surface area (Å²) < 4.78 is 2.45. The van der Waals surface area contributed by atoms with Crippen LogP contribution in [0, 0.1) is 6.92 Å². The number of aryl methyl sites for hydroxylation is 1. The van der Waals surface area contributed by atoms with Gasteiger partial charge in [-0.25, -0.2) is 0 Å². The Labute approximate surface area is 101 Å². The van der Waals surface area contributed by atoms with E-state index in [-0.39, 0.29) is 0 Å². The molecule has 1 aliphatic carbocycles. The second-order valence-electron chi connectivity index (χ2n) is 4.82. The molecule has 1 nitrogen and oxygen atoms in total. The highest BCUT2D eigenvalue weighted by Gasteiger charge is 2.19. The summed E-state index contributed by atoms with van der Waals surface area (Å²) in [5.41, 5.74) is 2.68. The Balaban J connectivity index is 2.18. The van der Waals surface area contributed by atoms with Crippen molar-refractivity contribution in [1.29, 1.82) is 0 Å². The molecule has 2 heteroatoms. The first kappa shape index (κ1) is 10.2. The fourth-order valence-corrected chi connectivity index (χ4v) is 3.05. The highest BCUT2D eigenvalue weighted by atomic mass is 35.5. The number of aromatic nitrogens is 1. The van der Waals surface area contributed by atoms with Gasteiger partial charge >= 0.3 is 0 Å². The van der Waals surface area contributed by atoms with Gasteiger partial charge in [0.15, 0.2) is 0 Å². The topological polar surface area (TPSA) is 4.93 Å².